The van der Waals surface area contributed by atoms with Gasteiger partial charge in [0.25, 0.3) is 0 Å². The average Bonchev–Trinajstić information content (AvgIpc) is 2.31. The molecule has 0 aliphatic heterocycles. The third-order valence-corrected chi connectivity index (χ3v) is 2.71. The van der Waals surface area contributed by atoms with E-state index in [1.54, 1.807) is 0 Å². The number of carbonyl (C=O) groups is 2. The van der Waals surface area contributed by atoms with E-state index in [2.05, 4.69) is 5.32 Å². The van der Waals surface area contributed by atoms with E-state index < -0.39 is 11.7 Å². The summed E-state index contributed by atoms with van der Waals surface area (Å²) in [5.74, 6) is -1.23. The number of carbonyl (C=O) groups excluding carboxylic acids is 2. The molecule has 0 fully saturated rings. The lowest BCUT2D eigenvalue weighted by atomic mass is 10.1. The van der Waals surface area contributed by atoms with E-state index >= 15 is 0 Å². The van der Waals surface area contributed by atoms with Crippen molar-refractivity contribution in [1.29, 1.82) is 0 Å². The Morgan fingerprint density at radius 3 is 2.67 bits per heavy atom. The lowest BCUT2D eigenvalue weighted by Gasteiger charge is -2.10. The first-order valence-electron chi connectivity index (χ1n) is 5.41. The van der Waals surface area contributed by atoms with Gasteiger partial charge in [-0.25, -0.2) is 4.39 Å². The van der Waals surface area contributed by atoms with Gasteiger partial charge in [-0.2, -0.15) is 0 Å². The number of benzene rings is 1. The molecule has 98 valence electrons. The quantitative estimate of drug-likeness (QED) is 0.807. The molecule has 0 aliphatic rings. The number of amides is 2. The molecule has 0 saturated carbocycles. The van der Waals surface area contributed by atoms with Gasteiger partial charge in [0.2, 0.25) is 11.8 Å². The molecule has 1 aromatic carbocycles. The predicted octanol–water partition coefficient (Wildman–Crippen LogP) is 2.19. The van der Waals surface area contributed by atoms with Crippen LogP contribution in [0.4, 0.5) is 10.1 Å². The van der Waals surface area contributed by atoms with Gasteiger partial charge in [0.15, 0.2) is 0 Å². The van der Waals surface area contributed by atoms with E-state index in [0.29, 0.717) is 12.3 Å². The highest BCUT2D eigenvalue weighted by atomic mass is 35.5. The lowest BCUT2D eigenvalue weighted by Crippen LogP contribution is -2.16. The van der Waals surface area contributed by atoms with Crippen molar-refractivity contribution in [2.24, 2.45) is 5.73 Å². The average molecular weight is 273 g/mol. The predicted molar refractivity (Wildman–Crippen MR) is 68.2 cm³/mol. The summed E-state index contributed by atoms with van der Waals surface area (Å²) in [4.78, 5) is 22.5. The van der Waals surface area contributed by atoms with E-state index in [1.807, 2.05) is 0 Å². The topological polar surface area (TPSA) is 72.2 Å². The smallest absolute Gasteiger partial charge is 0.248 e. The molecule has 0 aromatic heterocycles. The molecule has 0 heterocycles. The summed E-state index contributed by atoms with van der Waals surface area (Å²) >= 11 is 5.47. The summed E-state index contributed by atoms with van der Waals surface area (Å²) in [6.45, 7) is 1.51. The van der Waals surface area contributed by atoms with Crippen LogP contribution in [0.3, 0.4) is 0 Å². The molecule has 1 rings (SSSR count). The van der Waals surface area contributed by atoms with Crippen LogP contribution in [0.25, 0.3) is 0 Å². The number of rotatable bonds is 5. The first kappa shape index (κ1) is 14.4. The molecule has 6 heteroatoms. The minimum atomic E-state index is -0.745. The summed E-state index contributed by atoms with van der Waals surface area (Å²) in [5, 5.41) is 2.54. The van der Waals surface area contributed by atoms with E-state index in [4.69, 9.17) is 17.3 Å². The number of nitrogens with two attached hydrogens (primary N) is 1. The van der Waals surface area contributed by atoms with Crippen LogP contribution < -0.4 is 11.1 Å². The number of anilines is 1. The Morgan fingerprint density at radius 2 is 2.11 bits per heavy atom. The van der Waals surface area contributed by atoms with E-state index in [9.17, 15) is 14.0 Å². The summed E-state index contributed by atoms with van der Waals surface area (Å²) in [5.41, 5.74) is 5.61. The largest absolute Gasteiger partial charge is 0.366 e. The van der Waals surface area contributed by atoms with Crippen molar-refractivity contribution in [3.63, 3.8) is 0 Å². The molecule has 0 aliphatic carbocycles. The molecule has 2 amide bonds. The van der Waals surface area contributed by atoms with Crippen LogP contribution in [0.5, 0.6) is 0 Å². The number of nitrogens with one attached hydrogen (secondary N) is 1. The van der Waals surface area contributed by atoms with Crippen molar-refractivity contribution < 1.29 is 14.0 Å². The van der Waals surface area contributed by atoms with Gasteiger partial charge in [-0.15, -0.1) is 11.6 Å². The number of primary amides is 1. The maximum absolute atomic E-state index is 13.5. The van der Waals surface area contributed by atoms with Crippen molar-refractivity contribution >= 4 is 29.1 Å². The van der Waals surface area contributed by atoms with Crippen LogP contribution in [-0.2, 0) is 4.79 Å². The second-order valence-corrected chi connectivity index (χ2v) is 4.21. The molecular weight excluding hydrogens is 259 g/mol. The fraction of sp³-hybridized carbons (Fsp3) is 0.333. The Bertz CT molecular complexity index is 477. The van der Waals surface area contributed by atoms with Crippen molar-refractivity contribution in [2.45, 2.75) is 19.8 Å². The lowest BCUT2D eigenvalue weighted by molar-refractivity contribution is -0.116. The van der Waals surface area contributed by atoms with Crippen LogP contribution in [0, 0.1) is 12.7 Å². The van der Waals surface area contributed by atoms with Gasteiger partial charge in [-0.05, 0) is 25.5 Å². The monoisotopic (exact) mass is 272 g/mol. The van der Waals surface area contributed by atoms with Gasteiger partial charge in [0.1, 0.15) is 5.82 Å². The molecule has 0 radical (unpaired) electrons. The summed E-state index contributed by atoms with van der Waals surface area (Å²) in [7, 11) is 0. The Kier molecular flexibility index (Phi) is 5.09. The molecule has 3 N–H and O–H groups in total. The van der Waals surface area contributed by atoms with Crippen LogP contribution in [-0.4, -0.2) is 17.7 Å². The van der Waals surface area contributed by atoms with Crippen molar-refractivity contribution in [3.8, 4) is 0 Å². The Labute approximate surface area is 109 Å². The van der Waals surface area contributed by atoms with Crippen LogP contribution >= 0.6 is 11.6 Å². The van der Waals surface area contributed by atoms with Crippen molar-refractivity contribution in [1.82, 2.24) is 0 Å². The molecule has 18 heavy (non-hydrogen) atoms. The molecule has 1 aromatic rings. The molecule has 4 nitrogen and oxygen atoms in total. The van der Waals surface area contributed by atoms with Gasteiger partial charge in [-0.3, -0.25) is 9.59 Å². The zero-order chi connectivity index (χ0) is 13.7. The van der Waals surface area contributed by atoms with E-state index in [-0.39, 0.29) is 29.1 Å². The molecule has 0 bridgehead atoms. The zero-order valence-corrected chi connectivity index (χ0v) is 10.7. The third kappa shape index (κ3) is 3.70. The Hall–Kier alpha value is -1.62. The van der Waals surface area contributed by atoms with E-state index in [0.717, 1.165) is 6.07 Å². The SMILES string of the molecule is Cc1c(F)cc(C(N)=O)cc1NC(=O)CCCCl. The third-order valence-electron chi connectivity index (χ3n) is 2.44. The standard InChI is InChI=1S/C12H14ClFN2O2/c1-7-9(14)5-8(12(15)18)6-10(7)16-11(17)3-2-4-13/h5-6H,2-4H2,1H3,(H2,15,18)(H,16,17). The normalized spacial score (nSPS) is 10.2. The van der Waals surface area contributed by atoms with Crippen LogP contribution in [0.15, 0.2) is 12.1 Å². The van der Waals surface area contributed by atoms with E-state index in [1.165, 1.54) is 13.0 Å². The number of halogens is 2. The summed E-state index contributed by atoms with van der Waals surface area (Å²) in [6.07, 6.45) is 0.774. The molecule has 0 saturated heterocycles. The minimum Gasteiger partial charge on any atom is -0.366 e. The number of hydrogen-bond acceptors (Lipinski definition) is 2. The molecule has 0 unspecified atom stereocenters. The summed E-state index contributed by atoms with van der Waals surface area (Å²) < 4.78 is 13.5. The minimum absolute atomic E-state index is 0.0192. The molecule has 0 spiro atoms. The van der Waals surface area contributed by atoms with Gasteiger partial charge < -0.3 is 11.1 Å². The Balaban J connectivity index is 2.94. The summed E-state index contributed by atoms with van der Waals surface area (Å²) in [6, 6.07) is 2.41. The highest BCUT2D eigenvalue weighted by molar-refractivity contribution is 6.18. The maximum Gasteiger partial charge on any atom is 0.248 e. The van der Waals surface area contributed by atoms with Crippen molar-refractivity contribution in [3.05, 3.63) is 29.1 Å². The van der Waals surface area contributed by atoms with Gasteiger partial charge >= 0.3 is 0 Å². The number of alkyl halides is 1. The molecular formula is C12H14ClFN2O2. The fourth-order valence-electron chi connectivity index (χ4n) is 1.39. The van der Waals surface area contributed by atoms with Crippen molar-refractivity contribution in [2.75, 3.05) is 11.2 Å². The molecule has 0 atom stereocenters. The first-order valence-corrected chi connectivity index (χ1v) is 5.95. The highest BCUT2D eigenvalue weighted by Crippen LogP contribution is 2.21. The fourth-order valence-corrected chi connectivity index (χ4v) is 1.52. The first-order chi connectivity index (χ1) is 8.45. The second kappa shape index (κ2) is 6.35. The maximum atomic E-state index is 13.5. The van der Waals surface area contributed by atoms with Crippen LogP contribution in [0.2, 0.25) is 0 Å². The number of hydrogen-bond donors (Lipinski definition) is 2. The van der Waals surface area contributed by atoms with Gasteiger partial charge in [0, 0.05) is 29.1 Å². The van der Waals surface area contributed by atoms with Crippen LogP contribution in [0.1, 0.15) is 28.8 Å². The zero-order valence-electron chi connectivity index (χ0n) is 9.93. The Morgan fingerprint density at radius 1 is 1.44 bits per heavy atom. The second-order valence-electron chi connectivity index (χ2n) is 3.84. The highest BCUT2D eigenvalue weighted by Gasteiger charge is 2.12. The van der Waals surface area contributed by atoms with Gasteiger partial charge in [0.05, 0.1) is 0 Å². The van der Waals surface area contributed by atoms with Gasteiger partial charge in [-0.1, -0.05) is 0 Å².